The first-order chi connectivity index (χ1) is 7.41. The minimum atomic E-state index is -4.70. The minimum absolute atomic E-state index is 0.525. The number of ketones is 2. The lowest BCUT2D eigenvalue weighted by Gasteiger charge is -2.29. The van der Waals surface area contributed by atoms with Crippen LogP contribution in [-0.2, 0) is 19.7 Å². The lowest BCUT2D eigenvalue weighted by Crippen LogP contribution is -2.35. The molecule has 0 spiro atoms. The molecule has 0 radical (unpaired) electrons. The highest BCUT2D eigenvalue weighted by molar-refractivity contribution is 7.89. The predicted octanol–water partition coefficient (Wildman–Crippen LogP) is -0.0743. The van der Waals surface area contributed by atoms with Gasteiger partial charge in [-0.1, -0.05) is 24.3 Å². The molecule has 84 valence electrons. The highest BCUT2D eigenvalue weighted by Crippen LogP contribution is 2.33. The number of hydrogen-bond acceptors (Lipinski definition) is 5. The Morgan fingerprint density at radius 3 is 2.19 bits per heavy atom. The third-order valence-electron chi connectivity index (χ3n) is 2.57. The van der Waals surface area contributed by atoms with Gasteiger partial charge in [0.1, 0.15) is 10.1 Å². The summed E-state index contributed by atoms with van der Waals surface area (Å²) in [6.07, 6.45) is 6.60. The number of Topliss-reactive ketones (excluding diaryl/α,β-unsaturated/α-hetero) is 1. The summed E-state index contributed by atoms with van der Waals surface area (Å²) in [5, 5.41) is 0. The van der Waals surface area contributed by atoms with E-state index in [4.69, 9.17) is 0 Å². The lowest BCUT2D eigenvalue weighted by atomic mass is 9.80. The minimum Gasteiger partial charge on any atom is -0.744 e. The summed E-state index contributed by atoms with van der Waals surface area (Å²) in [5.74, 6) is -3.31. The number of allylic oxidation sites excluding steroid dienone is 6. The summed E-state index contributed by atoms with van der Waals surface area (Å²) in [6.45, 7) is 0. The molecule has 16 heavy (non-hydrogen) atoms. The van der Waals surface area contributed by atoms with Gasteiger partial charge >= 0.3 is 0 Å². The van der Waals surface area contributed by atoms with E-state index in [1.165, 1.54) is 12.2 Å². The van der Waals surface area contributed by atoms with Crippen LogP contribution < -0.4 is 0 Å². The van der Waals surface area contributed by atoms with Crippen LogP contribution in [0.2, 0.25) is 0 Å². The molecule has 5 nitrogen and oxygen atoms in total. The van der Waals surface area contributed by atoms with Gasteiger partial charge in [0.2, 0.25) is 11.6 Å². The van der Waals surface area contributed by atoms with Gasteiger partial charge in [0.15, 0.2) is 0 Å². The molecule has 2 rings (SSSR count). The maximum absolute atomic E-state index is 11.5. The van der Waals surface area contributed by atoms with Crippen molar-refractivity contribution in [2.45, 2.75) is 0 Å². The molecular formula is C10H7O5S-. The Hall–Kier alpha value is -1.53. The van der Waals surface area contributed by atoms with Crippen LogP contribution in [0.25, 0.3) is 0 Å². The third kappa shape index (κ3) is 1.66. The first-order valence-electron chi connectivity index (χ1n) is 4.52. The molecule has 0 heterocycles. The second-order valence-corrected chi connectivity index (χ2v) is 4.93. The predicted molar refractivity (Wildman–Crippen MR) is 53.1 cm³/mol. The molecule has 0 bridgehead atoms. The Labute approximate surface area is 91.9 Å². The smallest absolute Gasteiger partial charge is 0.223 e. The van der Waals surface area contributed by atoms with E-state index in [0.717, 1.165) is 0 Å². The van der Waals surface area contributed by atoms with Gasteiger partial charge in [-0.05, 0) is 0 Å². The summed E-state index contributed by atoms with van der Waals surface area (Å²) >= 11 is 0. The van der Waals surface area contributed by atoms with Gasteiger partial charge < -0.3 is 4.55 Å². The molecule has 2 unspecified atom stereocenters. The van der Waals surface area contributed by atoms with Crippen LogP contribution >= 0.6 is 0 Å². The molecule has 2 atom stereocenters. The van der Waals surface area contributed by atoms with Gasteiger partial charge in [-0.15, -0.1) is 0 Å². The van der Waals surface area contributed by atoms with Crippen molar-refractivity contribution in [2.75, 3.05) is 0 Å². The normalized spacial score (nSPS) is 28.9. The Bertz CT molecular complexity index is 550. The number of fused-ring (bicyclic) bond motifs is 1. The first-order valence-corrected chi connectivity index (χ1v) is 5.93. The molecule has 0 aromatic carbocycles. The van der Waals surface area contributed by atoms with E-state index >= 15 is 0 Å². The van der Waals surface area contributed by atoms with Gasteiger partial charge in [-0.2, -0.15) is 0 Å². The average Bonchev–Trinajstić information content (AvgIpc) is 2.22. The second kappa shape index (κ2) is 3.50. The topological polar surface area (TPSA) is 91.3 Å². The van der Waals surface area contributed by atoms with E-state index in [1.54, 1.807) is 12.2 Å². The zero-order valence-corrected chi connectivity index (χ0v) is 8.81. The summed E-state index contributed by atoms with van der Waals surface area (Å²) < 4.78 is 32.8. The molecule has 6 heteroatoms. The molecule has 0 aromatic rings. The zero-order valence-electron chi connectivity index (χ0n) is 7.99. The fourth-order valence-corrected chi connectivity index (χ4v) is 2.64. The number of hydrogen-bond donors (Lipinski definition) is 0. The van der Waals surface area contributed by atoms with Crippen molar-refractivity contribution >= 4 is 21.7 Å². The van der Waals surface area contributed by atoms with Crippen LogP contribution in [0.3, 0.4) is 0 Å². The van der Waals surface area contributed by atoms with Crippen molar-refractivity contribution in [1.29, 1.82) is 0 Å². The standard InChI is InChI=1S/C10H8O5S/c11-8-5-9(16(13,14)15)6-3-1-2-4-7(6)10(8)12/h1-7H,(H,13,14,15)/p-1. The molecule has 0 saturated carbocycles. The summed E-state index contributed by atoms with van der Waals surface area (Å²) in [5.41, 5.74) is 0. The second-order valence-electron chi connectivity index (χ2n) is 3.55. The van der Waals surface area contributed by atoms with Crippen molar-refractivity contribution in [3.63, 3.8) is 0 Å². The molecule has 0 fully saturated rings. The van der Waals surface area contributed by atoms with Crippen LogP contribution in [0.15, 0.2) is 35.3 Å². The van der Waals surface area contributed by atoms with Crippen molar-refractivity contribution < 1.29 is 22.6 Å². The van der Waals surface area contributed by atoms with Crippen LogP contribution in [0.1, 0.15) is 0 Å². The summed E-state index contributed by atoms with van der Waals surface area (Å²) in [7, 11) is -4.70. The Morgan fingerprint density at radius 2 is 1.62 bits per heavy atom. The van der Waals surface area contributed by atoms with E-state index in [0.29, 0.717) is 6.08 Å². The number of carbonyl (C=O) groups excluding carboxylic acids is 2. The van der Waals surface area contributed by atoms with Crippen molar-refractivity contribution in [1.82, 2.24) is 0 Å². The maximum atomic E-state index is 11.5. The molecule has 0 N–H and O–H groups in total. The Balaban J connectivity index is 2.59. The van der Waals surface area contributed by atoms with E-state index in [9.17, 15) is 22.6 Å². The van der Waals surface area contributed by atoms with Crippen LogP contribution in [0.4, 0.5) is 0 Å². The fourth-order valence-electron chi connectivity index (χ4n) is 1.83. The number of carbonyl (C=O) groups is 2. The van der Waals surface area contributed by atoms with Crippen molar-refractivity contribution in [3.05, 3.63) is 35.3 Å². The van der Waals surface area contributed by atoms with Crippen molar-refractivity contribution in [2.24, 2.45) is 11.8 Å². The number of rotatable bonds is 1. The SMILES string of the molecule is O=C1C=C(S(=O)(=O)[O-])C2C=CC=CC2C1=O. The highest BCUT2D eigenvalue weighted by Gasteiger charge is 2.38. The Kier molecular flexibility index (Phi) is 2.40. The van der Waals surface area contributed by atoms with Crippen molar-refractivity contribution in [3.8, 4) is 0 Å². The highest BCUT2D eigenvalue weighted by atomic mass is 32.2. The molecule has 0 saturated heterocycles. The van der Waals surface area contributed by atoms with Gasteiger partial charge in [0.05, 0.1) is 5.92 Å². The van der Waals surface area contributed by atoms with Gasteiger partial charge in [-0.25, -0.2) is 8.42 Å². The first kappa shape index (κ1) is 11.0. The summed E-state index contributed by atoms with van der Waals surface area (Å²) in [6, 6.07) is 0. The van der Waals surface area contributed by atoms with Gasteiger partial charge in [-0.3, -0.25) is 9.59 Å². The van der Waals surface area contributed by atoms with Crippen LogP contribution in [-0.4, -0.2) is 24.5 Å². The molecule has 2 aliphatic rings. The lowest BCUT2D eigenvalue weighted by molar-refractivity contribution is -0.136. The molecule has 0 aromatic heterocycles. The largest absolute Gasteiger partial charge is 0.744 e. The van der Waals surface area contributed by atoms with Gasteiger partial charge in [0, 0.05) is 16.9 Å². The van der Waals surface area contributed by atoms with E-state index in [2.05, 4.69) is 0 Å². The molecule has 0 amide bonds. The summed E-state index contributed by atoms with van der Waals surface area (Å²) in [4.78, 5) is 22.1. The van der Waals surface area contributed by atoms with E-state index < -0.39 is 38.4 Å². The molecule has 2 aliphatic carbocycles. The third-order valence-corrected chi connectivity index (χ3v) is 3.54. The molecule has 0 aliphatic heterocycles. The monoisotopic (exact) mass is 239 g/mol. The van der Waals surface area contributed by atoms with Gasteiger partial charge in [0.25, 0.3) is 0 Å². The van der Waals surface area contributed by atoms with Crippen LogP contribution in [0.5, 0.6) is 0 Å². The molecular weight excluding hydrogens is 232 g/mol. The average molecular weight is 239 g/mol. The zero-order chi connectivity index (χ0) is 11.9. The van der Waals surface area contributed by atoms with E-state index in [-0.39, 0.29) is 0 Å². The van der Waals surface area contributed by atoms with E-state index in [1.807, 2.05) is 0 Å². The maximum Gasteiger partial charge on any atom is 0.223 e. The Morgan fingerprint density at radius 1 is 1.06 bits per heavy atom. The quantitative estimate of drug-likeness (QED) is 0.471. The fraction of sp³-hybridized carbons (Fsp3) is 0.200. The van der Waals surface area contributed by atoms with Crippen LogP contribution in [0, 0.1) is 11.8 Å².